The van der Waals surface area contributed by atoms with Crippen LogP contribution in [0.25, 0.3) is 0 Å². The minimum Gasteiger partial charge on any atom is -0.453 e. The Morgan fingerprint density at radius 3 is 2.76 bits per heavy atom. The van der Waals surface area contributed by atoms with E-state index < -0.39 is 5.60 Å². The number of hydrogen-bond donors (Lipinski definition) is 1. The van der Waals surface area contributed by atoms with Crippen molar-refractivity contribution in [1.82, 2.24) is 0 Å². The maximum Gasteiger partial charge on any atom is 0.306 e. The van der Waals surface area contributed by atoms with Crippen LogP contribution < -0.4 is 4.90 Å². The number of piperidine rings is 1. The highest BCUT2D eigenvalue weighted by atomic mass is 16.6. The van der Waals surface area contributed by atoms with Crippen LogP contribution >= 0.6 is 0 Å². The van der Waals surface area contributed by atoms with Gasteiger partial charge in [-0.2, -0.15) is 0 Å². The van der Waals surface area contributed by atoms with Crippen molar-refractivity contribution >= 4 is 5.97 Å². The molecule has 1 heterocycles. The van der Waals surface area contributed by atoms with E-state index in [0.29, 0.717) is 18.4 Å². The molecule has 116 valence electrons. The first-order chi connectivity index (χ1) is 9.89. The number of quaternary nitrogens is 1. The van der Waals surface area contributed by atoms with E-state index in [4.69, 9.17) is 4.74 Å². The largest absolute Gasteiger partial charge is 0.453 e. The highest BCUT2D eigenvalue weighted by Gasteiger charge is 2.49. The summed E-state index contributed by atoms with van der Waals surface area (Å²) in [5.41, 5.74) is 1.89. The number of aryl methyl sites for hydroxylation is 1. The summed E-state index contributed by atoms with van der Waals surface area (Å²) in [4.78, 5) is 13.6. The predicted molar refractivity (Wildman–Crippen MR) is 84.2 cm³/mol. The van der Waals surface area contributed by atoms with E-state index in [1.54, 1.807) is 0 Å². The molecule has 1 aliphatic rings. The molecule has 0 saturated carbocycles. The Balaban J connectivity index is 2.46. The van der Waals surface area contributed by atoms with E-state index in [-0.39, 0.29) is 5.97 Å². The maximum atomic E-state index is 12.0. The predicted octanol–water partition coefficient (Wildman–Crippen LogP) is 2.09. The fourth-order valence-electron chi connectivity index (χ4n) is 3.47. The molecule has 2 rings (SSSR count). The lowest BCUT2D eigenvalue weighted by Crippen LogP contribution is -3.15. The van der Waals surface area contributed by atoms with E-state index in [1.165, 1.54) is 10.5 Å². The van der Waals surface area contributed by atoms with Crippen molar-refractivity contribution in [3.8, 4) is 0 Å². The summed E-state index contributed by atoms with van der Waals surface area (Å²) in [7, 11) is 2.23. The number of carbonyl (C=O) groups is 1. The smallest absolute Gasteiger partial charge is 0.306 e. The van der Waals surface area contributed by atoms with Gasteiger partial charge in [0.1, 0.15) is 0 Å². The number of hydrogen-bond acceptors (Lipinski definition) is 2. The molecule has 4 atom stereocenters. The molecule has 0 bridgehead atoms. The van der Waals surface area contributed by atoms with Crippen molar-refractivity contribution in [1.29, 1.82) is 0 Å². The highest BCUT2D eigenvalue weighted by Crippen LogP contribution is 2.40. The van der Waals surface area contributed by atoms with E-state index >= 15 is 0 Å². The zero-order valence-electron chi connectivity index (χ0n) is 13.9. The maximum absolute atomic E-state index is 12.0. The van der Waals surface area contributed by atoms with Gasteiger partial charge in [0.2, 0.25) is 0 Å². The summed E-state index contributed by atoms with van der Waals surface area (Å²) in [5, 5.41) is 0. The van der Waals surface area contributed by atoms with Gasteiger partial charge in [-0.15, -0.1) is 0 Å². The highest BCUT2D eigenvalue weighted by molar-refractivity contribution is 5.69. The lowest BCUT2D eigenvalue weighted by atomic mass is 9.74. The van der Waals surface area contributed by atoms with Gasteiger partial charge in [0, 0.05) is 18.8 Å². The molecule has 3 heteroatoms. The van der Waals surface area contributed by atoms with E-state index in [9.17, 15) is 4.79 Å². The van der Waals surface area contributed by atoms with Crippen LogP contribution in [0.15, 0.2) is 24.3 Å². The van der Waals surface area contributed by atoms with Gasteiger partial charge in [-0.1, -0.05) is 43.7 Å². The third-order valence-electron chi connectivity index (χ3n) is 4.97. The van der Waals surface area contributed by atoms with Gasteiger partial charge in [0.25, 0.3) is 0 Å². The molecule has 0 amide bonds. The number of esters is 1. The number of benzene rings is 1. The lowest BCUT2D eigenvalue weighted by Gasteiger charge is -2.46. The van der Waals surface area contributed by atoms with Crippen LogP contribution in [0, 0.1) is 12.8 Å². The average Bonchev–Trinajstić information content (AvgIpc) is 2.44. The van der Waals surface area contributed by atoms with Crippen molar-refractivity contribution in [2.75, 3.05) is 13.6 Å². The molecule has 1 unspecified atom stereocenters. The fourth-order valence-corrected chi connectivity index (χ4v) is 3.47. The Labute approximate surface area is 128 Å². The van der Waals surface area contributed by atoms with Crippen LogP contribution in [-0.4, -0.2) is 25.6 Å². The van der Waals surface area contributed by atoms with Gasteiger partial charge < -0.3 is 9.64 Å². The number of nitrogens with one attached hydrogen (secondary N) is 1. The third kappa shape index (κ3) is 3.13. The summed E-state index contributed by atoms with van der Waals surface area (Å²) in [6.07, 6.45) is 1.31. The molecule has 3 nitrogen and oxygen atoms in total. The first kappa shape index (κ1) is 16.0. The van der Waals surface area contributed by atoms with Crippen molar-refractivity contribution in [2.45, 2.75) is 52.2 Å². The Morgan fingerprint density at radius 2 is 2.14 bits per heavy atom. The lowest BCUT2D eigenvalue weighted by molar-refractivity contribution is -0.916. The molecule has 1 aliphatic heterocycles. The first-order valence-electron chi connectivity index (χ1n) is 8.00. The van der Waals surface area contributed by atoms with Crippen LogP contribution in [0.2, 0.25) is 0 Å². The zero-order chi connectivity index (χ0) is 15.6. The van der Waals surface area contributed by atoms with Crippen molar-refractivity contribution < 1.29 is 14.4 Å². The van der Waals surface area contributed by atoms with Gasteiger partial charge in [0.15, 0.2) is 5.60 Å². The quantitative estimate of drug-likeness (QED) is 0.864. The van der Waals surface area contributed by atoms with Crippen LogP contribution in [0.3, 0.4) is 0 Å². The van der Waals surface area contributed by atoms with Crippen molar-refractivity contribution in [2.24, 2.45) is 5.92 Å². The average molecular weight is 290 g/mol. The monoisotopic (exact) mass is 290 g/mol. The van der Waals surface area contributed by atoms with Gasteiger partial charge >= 0.3 is 5.97 Å². The Morgan fingerprint density at radius 1 is 1.43 bits per heavy atom. The summed E-state index contributed by atoms with van der Waals surface area (Å²) < 4.78 is 6.05. The minimum absolute atomic E-state index is 0.102. The molecule has 1 N–H and O–H groups in total. The van der Waals surface area contributed by atoms with Crippen LogP contribution in [0.5, 0.6) is 0 Å². The summed E-state index contributed by atoms with van der Waals surface area (Å²) >= 11 is 0. The van der Waals surface area contributed by atoms with E-state index in [0.717, 1.165) is 18.5 Å². The van der Waals surface area contributed by atoms with Crippen molar-refractivity contribution in [3.63, 3.8) is 0 Å². The standard InChI is InChI=1S/C18H27NO2/c1-6-17(20)21-18(16-9-7-8-13(2)10-16)11-15(4)19(5)12-14(18)3/h7-10,14-15H,6,11-12H2,1-5H3/p+1/t14-,15+,18+/m0/s1. The molecule has 0 aliphatic carbocycles. The fraction of sp³-hybridized carbons (Fsp3) is 0.611. The molecule has 21 heavy (non-hydrogen) atoms. The van der Waals surface area contributed by atoms with Crippen LogP contribution in [-0.2, 0) is 15.1 Å². The molecule has 0 radical (unpaired) electrons. The molecule has 1 fully saturated rings. The topological polar surface area (TPSA) is 30.7 Å². The normalized spacial score (nSPS) is 32.7. The number of likely N-dealkylation sites (tertiary alicyclic amines) is 1. The number of ether oxygens (including phenoxy) is 1. The molecular formula is C18H28NO2+. The third-order valence-corrected chi connectivity index (χ3v) is 4.97. The molecule has 1 saturated heterocycles. The summed E-state index contributed by atoms with van der Waals surface area (Å²) in [5.74, 6) is 0.209. The Kier molecular flexibility index (Phi) is 4.72. The van der Waals surface area contributed by atoms with E-state index in [1.807, 2.05) is 6.92 Å². The number of rotatable bonds is 3. The van der Waals surface area contributed by atoms with Gasteiger partial charge in [-0.05, 0) is 19.4 Å². The van der Waals surface area contributed by atoms with E-state index in [2.05, 4.69) is 52.1 Å². The molecular weight excluding hydrogens is 262 g/mol. The summed E-state index contributed by atoms with van der Waals surface area (Å²) in [6, 6.07) is 8.92. The second kappa shape index (κ2) is 6.18. The zero-order valence-corrected chi connectivity index (χ0v) is 13.9. The van der Waals surface area contributed by atoms with Gasteiger partial charge in [-0.3, -0.25) is 4.79 Å². The molecule has 1 aromatic carbocycles. The van der Waals surface area contributed by atoms with Crippen LogP contribution in [0.4, 0.5) is 0 Å². The second-order valence-electron chi connectivity index (χ2n) is 6.64. The number of carbonyl (C=O) groups excluding carboxylic acids is 1. The minimum atomic E-state index is -0.474. The van der Waals surface area contributed by atoms with Crippen molar-refractivity contribution in [3.05, 3.63) is 35.4 Å². The SMILES string of the molecule is CCC(=O)O[C@]1(c2cccc(C)c2)C[C@@H](C)[NH+](C)C[C@@H]1C. The summed E-state index contributed by atoms with van der Waals surface area (Å²) in [6.45, 7) is 9.42. The Hall–Kier alpha value is -1.35. The Bertz CT molecular complexity index is 514. The van der Waals surface area contributed by atoms with Crippen LogP contribution in [0.1, 0.15) is 44.7 Å². The van der Waals surface area contributed by atoms with Gasteiger partial charge in [0.05, 0.1) is 19.6 Å². The molecule has 0 spiro atoms. The first-order valence-corrected chi connectivity index (χ1v) is 8.00. The molecule has 1 aromatic rings. The second-order valence-corrected chi connectivity index (χ2v) is 6.64. The van der Waals surface area contributed by atoms with Gasteiger partial charge in [-0.25, -0.2) is 0 Å². The molecule has 0 aromatic heterocycles.